The molecule has 0 fully saturated rings. The minimum absolute atomic E-state index is 0.145. The SMILES string of the molecule is CC/C=C\C/C=C\C/C=C\CCCCCCCC(=O)OCC(COP(=O)(O)OCC(CO)OC(=O)CCCCCCC/C=C\CCCC)OC(=O)CCCCCCC/C=C\C/C=C\CCCCC. The second-order valence-corrected chi connectivity index (χ2v) is 19.1. The molecule has 0 saturated carbocycles. The normalized spacial score (nSPS) is 14.0. The summed E-state index contributed by atoms with van der Waals surface area (Å²) in [6, 6.07) is 0. The van der Waals surface area contributed by atoms with Crippen molar-refractivity contribution in [1.29, 1.82) is 0 Å². The lowest BCUT2D eigenvalue weighted by Gasteiger charge is -2.21. The van der Waals surface area contributed by atoms with E-state index in [4.69, 9.17) is 23.3 Å². The Morgan fingerprint density at radius 2 is 0.779 bits per heavy atom. The van der Waals surface area contributed by atoms with E-state index in [2.05, 4.69) is 93.7 Å². The maximum atomic E-state index is 12.9. The van der Waals surface area contributed by atoms with Crippen LogP contribution in [0.3, 0.4) is 0 Å². The molecule has 0 aromatic carbocycles. The third-order valence-corrected chi connectivity index (χ3v) is 12.0. The summed E-state index contributed by atoms with van der Waals surface area (Å²) in [6.07, 6.45) is 54.4. The first-order valence-corrected chi connectivity index (χ1v) is 28.3. The number of hydrogen-bond donors (Lipinski definition) is 2. The highest BCUT2D eigenvalue weighted by molar-refractivity contribution is 7.47. The number of unbranched alkanes of at least 4 members (excludes halogenated alkanes) is 20. The molecular weight excluding hydrogens is 880 g/mol. The molecule has 0 aromatic heterocycles. The molecule has 11 nitrogen and oxygen atoms in total. The predicted molar refractivity (Wildman–Crippen MR) is 279 cm³/mol. The van der Waals surface area contributed by atoms with Gasteiger partial charge in [0.15, 0.2) is 6.10 Å². The lowest BCUT2D eigenvalue weighted by molar-refractivity contribution is -0.161. The van der Waals surface area contributed by atoms with E-state index in [0.29, 0.717) is 19.3 Å². The van der Waals surface area contributed by atoms with Crippen molar-refractivity contribution in [2.45, 2.75) is 238 Å². The van der Waals surface area contributed by atoms with Crippen LogP contribution in [-0.4, -0.2) is 66.5 Å². The number of esters is 3. The van der Waals surface area contributed by atoms with Crippen molar-refractivity contribution in [1.82, 2.24) is 0 Å². The van der Waals surface area contributed by atoms with Crippen LogP contribution < -0.4 is 0 Å². The molecule has 0 radical (unpaired) electrons. The highest BCUT2D eigenvalue weighted by Gasteiger charge is 2.28. The number of phosphoric ester groups is 1. The van der Waals surface area contributed by atoms with Crippen molar-refractivity contribution in [3.05, 3.63) is 72.9 Å². The third-order valence-electron chi connectivity index (χ3n) is 11.1. The van der Waals surface area contributed by atoms with E-state index in [0.717, 1.165) is 135 Å². The number of phosphoric acid groups is 1. The molecule has 0 aromatic rings. The van der Waals surface area contributed by atoms with Crippen molar-refractivity contribution >= 4 is 25.7 Å². The van der Waals surface area contributed by atoms with Gasteiger partial charge < -0.3 is 24.2 Å². The van der Waals surface area contributed by atoms with Crippen LogP contribution >= 0.6 is 7.82 Å². The second kappa shape index (κ2) is 50.3. The zero-order valence-electron chi connectivity index (χ0n) is 43.1. The molecule has 0 spiro atoms. The van der Waals surface area contributed by atoms with E-state index in [1.165, 1.54) is 32.1 Å². The van der Waals surface area contributed by atoms with Gasteiger partial charge in [0.1, 0.15) is 12.7 Å². The number of aliphatic hydroxyl groups excluding tert-OH is 1. The molecule has 0 saturated heterocycles. The Kier molecular flexibility index (Phi) is 48.0. The van der Waals surface area contributed by atoms with Gasteiger partial charge in [0, 0.05) is 19.3 Å². The van der Waals surface area contributed by atoms with Gasteiger partial charge in [-0.1, -0.05) is 177 Å². The van der Waals surface area contributed by atoms with Crippen LogP contribution in [-0.2, 0) is 42.2 Å². The molecule has 3 unspecified atom stereocenters. The van der Waals surface area contributed by atoms with Gasteiger partial charge in [0.2, 0.25) is 0 Å². The van der Waals surface area contributed by atoms with Gasteiger partial charge in [-0.05, 0) is 103 Å². The molecule has 68 heavy (non-hydrogen) atoms. The Bertz CT molecular complexity index is 1420. The highest BCUT2D eigenvalue weighted by atomic mass is 31.2. The zero-order valence-corrected chi connectivity index (χ0v) is 43.9. The molecule has 2 N–H and O–H groups in total. The van der Waals surface area contributed by atoms with E-state index in [9.17, 15) is 28.9 Å². The van der Waals surface area contributed by atoms with Gasteiger partial charge >= 0.3 is 25.7 Å². The number of allylic oxidation sites excluding steroid dienone is 12. The molecule has 0 aliphatic carbocycles. The van der Waals surface area contributed by atoms with Gasteiger partial charge in [-0.15, -0.1) is 0 Å². The van der Waals surface area contributed by atoms with Gasteiger partial charge in [-0.2, -0.15) is 0 Å². The maximum Gasteiger partial charge on any atom is 0.472 e. The topological polar surface area (TPSA) is 155 Å². The quantitative estimate of drug-likeness (QED) is 0.0197. The molecule has 0 heterocycles. The smallest absolute Gasteiger partial charge is 0.462 e. The number of carbonyl (C=O) groups excluding carboxylic acids is 3. The van der Waals surface area contributed by atoms with E-state index in [-0.39, 0.29) is 25.9 Å². The number of ether oxygens (including phenoxy) is 3. The van der Waals surface area contributed by atoms with Crippen LogP contribution in [0.15, 0.2) is 72.9 Å². The van der Waals surface area contributed by atoms with Crippen LogP contribution in [0.2, 0.25) is 0 Å². The van der Waals surface area contributed by atoms with Crippen LogP contribution in [0.5, 0.6) is 0 Å². The highest BCUT2D eigenvalue weighted by Crippen LogP contribution is 2.43. The van der Waals surface area contributed by atoms with E-state index >= 15 is 0 Å². The average Bonchev–Trinajstić information content (AvgIpc) is 3.32. The second-order valence-electron chi connectivity index (χ2n) is 17.7. The van der Waals surface area contributed by atoms with Gasteiger partial charge in [0.05, 0.1) is 19.8 Å². The van der Waals surface area contributed by atoms with Gasteiger partial charge in [-0.3, -0.25) is 23.4 Å². The summed E-state index contributed by atoms with van der Waals surface area (Å²) in [6.45, 7) is 4.41. The molecule has 392 valence electrons. The molecule has 3 atom stereocenters. The molecule has 0 aliphatic heterocycles. The van der Waals surface area contributed by atoms with Crippen LogP contribution in [0.25, 0.3) is 0 Å². The summed E-state index contributed by atoms with van der Waals surface area (Å²) in [5.41, 5.74) is 0. The summed E-state index contributed by atoms with van der Waals surface area (Å²) >= 11 is 0. The molecule has 0 amide bonds. The van der Waals surface area contributed by atoms with E-state index in [1.807, 2.05) is 0 Å². The largest absolute Gasteiger partial charge is 0.472 e. The summed E-state index contributed by atoms with van der Waals surface area (Å²) in [5, 5.41) is 9.77. The standard InChI is InChI=1S/C56H97O11P/c1-4-7-10-13-16-19-22-24-26-28-31-33-36-39-42-45-54(58)63-49-53(67-56(60)47-44-41-38-35-32-29-27-25-23-20-17-14-11-8-5-2)51-65-68(61,62)64-50-52(48-57)66-55(59)46-43-40-37-34-30-21-18-15-12-9-6-3/h7,10,15-20,24-27,52-53,57H,4-6,8-9,11-14,21-23,28-51H2,1-3H3,(H,61,62)/b10-7-,18-15-,19-16-,20-17-,26-24-,27-25-. The number of aliphatic hydroxyl groups is 1. The molecular formula is C56H97O11P. The molecule has 0 rings (SSSR count). The third kappa shape index (κ3) is 48.0. The zero-order chi connectivity index (χ0) is 49.9. The fourth-order valence-electron chi connectivity index (χ4n) is 6.97. The minimum atomic E-state index is -4.75. The van der Waals surface area contributed by atoms with Crippen molar-refractivity contribution in [3.63, 3.8) is 0 Å². The Morgan fingerprint density at radius 3 is 1.24 bits per heavy atom. The maximum absolute atomic E-state index is 12.9. The summed E-state index contributed by atoms with van der Waals surface area (Å²) in [5.74, 6) is -1.51. The summed E-state index contributed by atoms with van der Waals surface area (Å²) < 4.78 is 39.4. The van der Waals surface area contributed by atoms with Gasteiger partial charge in [-0.25, -0.2) is 4.57 Å². The lowest BCUT2D eigenvalue weighted by Crippen LogP contribution is -2.30. The van der Waals surface area contributed by atoms with Crippen LogP contribution in [0, 0.1) is 0 Å². The Hall–Kier alpha value is -3.08. The molecule has 0 aliphatic rings. The average molecular weight is 977 g/mol. The first kappa shape index (κ1) is 64.9. The van der Waals surface area contributed by atoms with E-state index < -0.39 is 57.8 Å². The fraction of sp³-hybridized carbons (Fsp3) is 0.732. The van der Waals surface area contributed by atoms with Gasteiger partial charge in [0.25, 0.3) is 0 Å². The number of hydrogen-bond acceptors (Lipinski definition) is 10. The van der Waals surface area contributed by atoms with Crippen LogP contribution in [0.1, 0.15) is 226 Å². The number of carbonyl (C=O) groups is 3. The predicted octanol–water partition coefficient (Wildman–Crippen LogP) is 15.4. The first-order valence-electron chi connectivity index (χ1n) is 26.8. The Balaban J connectivity index is 4.80. The van der Waals surface area contributed by atoms with Crippen molar-refractivity contribution in [2.75, 3.05) is 26.4 Å². The first-order chi connectivity index (χ1) is 33.2. The van der Waals surface area contributed by atoms with Crippen molar-refractivity contribution < 1.29 is 52.2 Å². The lowest BCUT2D eigenvalue weighted by atomic mass is 10.1. The summed E-state index contributed by atoms with van der Waals surface area (Å²) in [7, 11) is -4.75. The summed E-state index contributed by atoms with van der Waals surface area (Å²) in [4.78, 5) is 48.3. The van der Waals surface area contributed by atoms with E-state index in [1.54, 1.807) is 0 Å². The molecule has 0 bridgehead atoms. The Morgan fingerprint density at radius 1 is 0.426 bits per heavy atom. The van der Waals surface area contributed by atoms with Crippen LogP contribution in [0.4, 0.5) is 0 Å². The fourth-order valence-corrected chi connectivity index (χ4v) is 7.75. The van der Waals surface area contributed by atoms with Crippen molar-refractivity contribution in [2.24, 2.45) is 0 Å². The monoisotopic (exact) mass is 977 g/mol. The Labute approximate surface area is 414 Å². The molecule has 12 heteroatoms. The minimum Gasteiger partial charge on any atom is -0.462 e. The number of rotatable bonds is 49. The van der Waals surface area contributed by atoms with Crippen molar-refractivity contribution in [3.8, 4) is 0 Å².